The second-order valence-corrected chi connectivity index (χ2v) is 6.20. The van der Waals surface area contributed by atoms with Crippen molar-refractivity contribution >= 4 is 16.9 Å². The molecule has 0 unspecified atom stereocenters. The number of nitrogens with zero attached hydrogens (tertiary/aromatic N) is 2. The monoisotopic (exact) mass is 384 g/mol. The number of aromatic nitrogens is 1. The van der Waals surface area contributed by atoms with E-state index in [2.05, 4.69) is 4.98 Å². The normalized spacial score (nSPS) is 12.0. The van der Waals surface area contributed by atoms with Crippen LogP contribution in [0.1, 0.15) is 35.0 Å². The molecule has 5 nitrogen and oxygen atoms in total. The van der Waals surface area contributed by atoms with Gasteiger partial charge in [0.1, 0.15) is 0 Å². The SMILES string of the molecule is CCOC(=O)c1c(CN(CCCO)CC(F)(F)F)nc2ccccc2c1C. The molecule has 0 atom stereocenters. The number of hydrogen-bond donors (Lipinski definition) is 1. The highest BCUT2D eigenvalue weighted by Crippen LogP contribution is 2.26. The molecule has 0 aliphatic heterocycles. The standard InChI is InChI=1S/C19H23F3N2O3/c1-3-27-18(26)17-13(2)14-7-4-5-8-15(14)23-16(17)11-24(9-6-10-25)12-19(20,21)22/h4-5,7-8,25H,3,6,9-12H2,1-2H3. The Balaban J connectivity index is 2.49. The lowest BCUT2D eigenvalue weighted by Crippen LogP contribution is -2.35. The van der Waals surface area contributed by atoms with Gasteiger partial charge in [-0.25, -0.2) is 4.79 Å². The minimum atomic E-state index is -4.40. The maximum absolute atomic E-state index is 12.9. The van der Waals surface area contributed by atoms with Gasteiger partial charge in [0, 0.05) is 25.1 Å². The molecule has 0 amide bonds. The van der Waals surface area contributed by atoms with E-state index in [1.54, 1.807) is 26.0 Å². The van der Waals surface area contributed by atoms with E-state index >= 15 is 0 Å². The molecular weight excluding hydrogens is 361 g/mol. The van der Waals surface area contributed by atoms with Crippen molar-refractivity contribution in [3.8, 4) is 0 Å². The Hall–Kier alpha value is -2.19. The number of hydrogen-bond acceptors (Lipinski definition) is 5. The third-order valence-corrected chi connectivity index (χ3v) is 4.12. The van der Waals surface area contributed by atoms with E-state index in [1.165, 1.54) is 0 Å². The number of alkyl halides is 3. The molecule has 2 aromatic rings. The summed E-state index contributed by atoms with van der Waals surface area (Å²) in [5.74, 6) is -0.600. The number of pyridine rings is 1. The third-order valence-electron chi connectivity index (χ3n) is 4.12. The highest BCUT2D eigenvalue weighted by Gasteiger charge is 2.31. The zero-order valence-corrected chi connectivity index (χ0v) is 15.3. The first-order valence-electron chi connectivity index (χ1n) is 8.72. The Labute approximate surface area is 155 Å². The van der Waals surface area contributed by atoms with E-state index in [0.29, 0.717) is 11.1 Å². The second kappa shape index (κ2) is 9.14. The minimum Gasteiger partial charge on any atom is -0.462 e. The Morgan fingerprint density at radius 2 is 2.00 bits per heavy atom. The highest BCUT2D eigenvalue weighted by atomic mass is 19.4. The lowest BCUT2D eigenvalue weighted by molar-refractivity contribution is -0.147. The molecule has 0 radical (unpaired) electrons. The molecule has 0 saturated heterocycles. The zero-order chi connectivity index (χ0) is 20.0. The van der Waals surface area contributed by atoms with Crippen molar-refractivity contribution in [2.75, 3.05) is 26.3 Å². The predicted molar refractivity (Wildman–Crippen MR) is 95.5 cm³/mol. The van der Waals surface area contributed by atoms with Crippen molar-refractivity contribution in [2.45, 2.75) is 33.0 Å². The highest BCUT2D eigenvalue weighted by molar-refractivity contribution is 5.98. The van der Waals surface area contributed by atoms with Crippen LogP contribution in [0.25, 0.3) is 10.9 Å². The average Bonchev–Trinajstić information content (AvgIpc) is 2.58. The molecule has 1 aromatic carbocycles. The maximum Gasteiger partial charge on any atom is 0.401 e. The van der Waals surface area contributed by atoms with Crippen molar-refractivity contribution in [3.05, 3.63) is 41.1 Å². The van der Waals surface area contributed by atoms with Gasteiger partial charge < -0.3 is 9.84 Å². The van der Waals surface area contributed by atoms with E-state index in [-0.39, 0.29) is 44.0 Å². The van der Waals surface area contributed by atoms with Gasteiger partial charge in [0.25, 0.3) is 0 Å². The third kappa shape index (κ3) is 5.64. The number of benzene rings is 1. The summed E-state index contributed by atoms with van der Waals surface area (Å²) in [5.41, 5.74) is 1.67. The first-order chi connectivity index (χ1) is 12.8. The summed E-state index contributed by atoms with van der Waals surface area (Å²) >= 11 is 0. The van der Waals surface area contributed by atoms with Gasteiger partial charge >= 0.3 is 12.1 Å². The van der Waals surface area contributed by atoms with Crippen LogP contribution >= 0.6 is 0 Å². The van der Waals surface area contributed by atoms with Crippen molar-refractivity contribution in [3.63, 3.8) is 0 Å². The van der Waals surface area contributed by atoms with Crippen LogP contribution in [0.15, 0.2) is 24.3 Å². The van der Waals surface area contributed by atoms with Gasteiger partial charge in [-0.1, -0.05) is 18.2 Å². The van der Waals surface area contributed by atoms with Crippen LogP contribution in [0.5, 0.6) is 0 Å². The number of fused-ring (bicyclic) bond motifs is 1. The van der Waals surface area contributed by atoms with Gasteiger partial charge in [0.2, 0.25) is 0 Å². The Bertz CT molecular complexity index is 794. The van der Waals surface area contributed by atoms with Gasteiger partial charge in [0.05, 0.1) is 29.9 Å². The number of para-hydroxylation sites is 1. The van der Waals surface area contributed by atoms with Gasteiger partial charge in [-0.3, -0.25) is 9.88 Å². The van der Waals surface area contributed by atoms with Crippen LogP contribution in [-0.2, 0) is 11.3 Å². The summed E-state index contributed by atoms with van der Waals surface area (Å²) in [6, 6.07) is 7.15. The van der Waals surface area contributed by atoms with Crippen LogP contribution in [-0.4, -0.2) is 53.4 Å². The average molecular weight is 384 g/mol. The Morgan fingerprint density at radius 3 is 2.63 bits per heavy atom. The predicted octanol–water partition coefficient (Wildman–Crippen LogP) is 3.47. The van der Waals surface area contributed by atoms with Crippen LogP contribution < -0.4 is 0 Å². The minimum absolute atomic E-state index is 0.0336. The number of aryl methyl sites for hydroxylation is 1. The fourth-order valence-electron chi connectivity index (χ4n) is 3.00. The van der Waals surface area contributed by atoms with E-state index in [4.69, 9.17) is 9.84 Å². The van der Waals surface area contributed by atoms with Gasteiger partial charge in [0.15, 0.2) is 0 Å². The molecule has 0 bridgehead atoms. The van der Waals surface area contributed by atoms with E-state index < -0.39 is 18.7 Å². The molecule has 0 aliphatic rings. The summed E-state index contributed by atoms with van der Waals surface area (Å²) in [5, 5.41) is 9.73. The fraction of sp³-hybridized carbons (Fsp3) is 0.474. The zero-order valence-electron chi connectivity index (χ0n) is 15.3. The molecule has 8 heteroatoms. The smallest absolute Gasteiger partial charge is 0.401 e. The molecule has 1 N–H and O–H groups in total. The van der Waals surface area contributed by atoms with E-state index in [1.807, 2.05) is 12.1 Å². The Morgan fingerprint density at radius 1 is 1.30 bits per heavy atom. The molecule has 0 fully saturated rings. The van der Waals surface area contributed by atoms with Gasteiger partial charge in [-0.2, -0.15) is 13.2 Å². The molecule has 0 aliphatic carbocycles. The van der Waals surface area contributed by atoms with Crippen molar-refractivity contribution in [1.29, 1.82) is 0 Å². The van der Waals surface area contributed by atoms with Gasteiger partial charge in [-0.05, 0) is 31.9 Å². The summed E-state index contributed by atoms with van der Waals surface area (Å²) in [4.78, 5) is 18.0. The van der Waals surface area contributed by atoms with Crippen LogP contribution in [0.2, 0.25) is 0 Å². The molecule has 1 aromatic heterocycles. The number of carbonyl (C=O) groups is 1. The summed E-state index contributed by atoms with van der Waals surface area (Å²) in [7, 11) is 0. The van der Waals surface area contributed by atoms with Crippen LogP contribution in [0.4, 0.5) is 13.2 Å². The number of carbonyl (C=O) groups excluding carboxylic acids is 1. The molecule has 0 saturated carbocycles. The van der Waals surface area contributed by atoms with Crippen molar-refractivity contribution in [1.82, 2.24) is 9.88 Å². The number of esters is 1. The number of halogens is 3. The number of rotatable bonds is 8. The topological polar surface area (TPSA) is 62.7 Å². The molecule has 1 heterocycles. The summed E-state index contributed by atoms with van der Waals surface area (Å²) in [6.45, 7) is 2.05. The van der Waals surface area contributed by atoms with E-state index in [0.717, 1.165) is 10.3 Å². The first kappa shape index (κ1) is 21.1. The fourth-order valence-corrected chi connectivity index (χ4v) is 3.00. The van der Waals surface area contributed by atoms with Crippen LogP contribution in [0.3, 0.4) is 0 Å². The van der Waals surface area contributed by atoms with Crippen LogP contribution in [0, 0.1) is 6.92 Å². The van der Waals surface area contributed by atoms with Crippen molar-refractivity contribution < 1.29 is 27.8 Å². The number of aliphatic hydroxyl groups is 1. The lowest BCUT2D eigenvalue weighted by atomic mass is 10.0. The molecule has 0 spiro atoms. The van der Waals surface area contributed by atoms with Crippen molar-refractivity contribution in [2.24, 2.45) is 0 Å². The summed E-state index contributed by atoms with van der Waals surface area (Å²) in [6.07, 6.45) is -4.21. The largest absolute Gasteiger partial charge is 0.462 e. The van der Waals surface area contributed by atoms with E-state index in [9.17, 15) is 18.0 Å². The molecule has 148 valence electrons. The van der Waals surface area contributed by atoms with Gasteiger partial charge in [-0.15, -0.1) is 0 Å². The molecule has 2 rings (SSSR count). The molecular formula is C19H23F3N2O3. The molecule has 27 heavy (non-hydrogen) atoms. The Kier molecular flexibility index (Phi) is 7.15. The second-order valence-electron chi connectivity index (χ2n) is 6.20. The lowest BCUT2D eigenvalue weighted by Gasteiger charge is -2.24. The first-order valence-corrected chi connectivity index (χ1v) is 8.72. The summed E-state index contributed by atoms with van der Waals surface area (Å²) < 4.78 is 43.9. The quantitative estimate of drug-likeness (QED) is 0.706. The number of ether oxygens (including phenoxy) is 1. The number of aliphatic hydroxyl groups excluding tert-OH is 1. The maximum atomic E-state index is 12.9.